The van der Waals surface area contributed by atoms with Crippen molar-refractivity contribution < 1.29 is 33.8 Å². The van der Waals surface area contributed by atoms with Gasteiger partial charge in [0.1, 0.15) is 29.6 Å². The SMILES string of the molecule is CC(C)(C)OC(=O)N1Cc2c(ncn2C(=O)OC(C)(C)C)C[C@H]1C(=O)N1CCC[C@H]1C(=O)O. The number of hydrogen-bond donors (Lipinski definition) is 1. The van der Waals surface area contributed by atoms with E-state index in [0.29, 0.717) is 30.8 Å². The third-order valence-electron chi connectivity index (χ3n) is 5.36. The zero-order valence-corrected chi connectivity index (χ0v) is 20.0. The highest BCUT2D eigenvalue weighted by molar-refractivity contribution is 5.90. The largest absolute Gasteiger partial charge is 0.480 e. The normalized spacial score (nSPS) is 20.9. The molecule has 1 aromatic heterocycles. The topological polar surface area (TPSA) is 131 Å². The van der Waals surface area contributed by atoms with Crippen molar-refractivity contribution in [1.82, 2.24) is 19.4 Å². The zero-order valence-electron chi connectivity index (χ0n) is 20.0. The van der Waals surface area contributed by atoms with Crippen LogP contribution in [0.3, 0.4) is 0 Å². The number of rotatable bonds is 2. The number of amides is 2. The van der Waals surface area contributed by atoms with E-state index >= 15 is 0 Å². The van der Waals surface area contributed by atoms with Crippen LogP contribution in [0.25, 0.3) is 0 Å². The van der Waals surface area contributed by atoms with Crippen molar-refractivity contribution in [3.63, 3.8) is 0 Å². The maximum atomic E-state index is 13.4. The summed E-state index contributed by atoms with van der Waals surface area (Å²) in [5.74, 6) is -1.54. The molecule has 0 saturated carbocycles. The predicted octanol–water partition coefficient (Wildman–Crippen LogP) is 2.40. The van der Waals surface area contributed by atoms with E-state index in [1.165, 1.54) is 20.7 Å². The van der Waals surface area contributed by atoms with Gasteiger partial charge in [0.05, 0.1) is 17.9 Å². The smallest absolute Gasteiger partial charge is 0.420 e. The molecule has 0 spiro atoms. The van der Waals surface area contributed by atoms with Gasteiger partial charge in [-0.25, -0.2) is 23.9 Å². The van der Waals surface area contributed by atoms with Gasteiger partial charge in [0.15, 0.2) is 0 Å². The van der Waals surface area contributed by atoms with E-state index in [1.54, 1.807) is 41.5 Å². The number of aromatic nitrogens is 2. The second kappa shape index (κ2) is 8.68. The number of carboxylic acids is 1. The first-order valence-electron chi connectivity index (χ1n) is 11.0. The van der Waals surface area contributed by atoms with E-state index in [9.17, 15) is 24.3 Å². The average molecular weight is 465 g/mol. The molecule has 11 nitrogen and oxygen atoms in total. The molecular formula is C22H32N4O7. The van der Waals surface area contributed by atoms with Crippen molar-refractivity contribution >= 4 is 24.1 Å². The molecule has 1 aromatic rings. The fourth-order valence-electron chi connectivity index (χ4n) is 3.99. The lowest BCUT2D eigenvalue weighted by atomic mass is 10.0. The van der Waals surface area contributed by atoms with Crippen molar-refractivity contribution in [1.29, 1.82) is 0 Å². The molecule has 2 atom stereocenters. The van der Waals surface area contributed by atoms with E-state index in [-0.39, 0.29) is 13.0 Å². The molecule has 2 amide bonds. The molecule has 182 valence electrons. The third kappa shape index (κ3) is 5.45. The van der Waals surface area contributed by atoms with Crippen LogP contribution < -0.4 is 0 Å². The molecule has 0 unspecified atom stereocenters. The highest BCUT2D eigenvalue weighted by Gasteiger charge is 2.45. The molecule has 2 aliphatic heterocycles. The number of carboxylic acid groups (broad SMARTS) is 1. The number of carbonyl (C=O) groups is 4. The van der Waals surface area contributed by atoms with Crippen LogP contribution in [0.1, 0.15) is 65.8 Å². The van der Waals surface area contributed by atoms with Crippen LogP contribution in [0.2, 0.25) is 0 Å². The molecule has 0 radical (unpaired) electrons. The van der Waals surface area contributed by atoms with Gasteiger partial charge < -0.3 is 19.5 Å². The molecule has 1 fully saturated rings. The first-order chi connectivity index (χ1) is 15.2. The van der Waals surface area contributed by atoms with Gasteiger partial charge in [-0.3, -0.25) is 9.69 Å². The summed E-state index contributed by atoms with van der Waals surface area (Å²) >= 11 is 0. The Balaban J connectivity index is 1.95. The number of likely N-dealkylation sites (tertiary alicyclic amines) is 1. The lowest BCUT2D eigenvalue weighted by Crippen LogP contribution is -2.56. The van der Waals surface area contributed by atoms with Gasteiger partial charge in [0.2, 0.25) is 5.91 Å². The van der Waals surface area contributed by atoms with Crippen molar-refractivity contribution in [2.45, 2.75) is 90.6 Å². The minimum absolute atomic E-state index is 0.0338. The Bertz CT molecular complexity index is 957. The Morgan fingerprint density at radius 1 is 0.970 bits per heavy atom. The van der Waals surface area contributed by atoms with Crippen LogP contribution in [0.15, 0.2) is 6.33 Å². The average Bonchev–Trinajstić information content (AvgIpc) is 3.30. The number of hydrogen-bond acceptors (Lipinski definition) is 7. The monoisotopic (exact) mass is 464 g/mol. The van der Waals surface area contributed by atoms with Crippen molar-refractivity contribution in [2.24, 2.45) is 0 Å². The number of nitrogens with zero attached hydrogens (tertiary/aromatic N) is 4. The molecule has 33 heavy (non-hydrogen) atoms. The molecule has 0 bridgehead atoms. The Morgan fingerprint density at radius 2 is 1.58 bits per heavy atom. The van der Waals surface area contributed by atoms with Crippen molar-refractivity contribution in [3.05, 3.63) is 17.7 Å². The minimum Gasteiger partial charge on any atom is -0.480 e. The number of imidazole rings is 1. The highest BCUT2D eigenvalue weighted by atomic mass is 16.6. The molecule has 11 heteroatoms. The van der Waals surface area contributed by atoms with Crippen LogP contribution in [0.5, 0.6) is 0 Å². The van der Waals surface area contributed by atoms with E-state index < -0.39 is 47.3 Å². The van der Waals surface area contributed by atoms with Gasteiger partial charge in [0, 0.05) is 13.0 Å². The lowest BCUT2D eigenvalue weighted by molar-refractivity contribution is -0.150. The Kier molecular flexibility index (Phi) is 6.45. The van der Waals surface area contributed by atoms with Crippen LogP contribution >= 0.6 is 0 Å². The molecule has 0 aliphatic carbocycles. The zero-order chi connectivity index (χ0) is 24.7. The summed E-state index contributed by atoms with van der Waals surface area (Å²) < 4.78 is 12.2. The van der Waals surface area contributed by atoms with Crippen LogP contribution in [-0.2, 0) is 32.0 Å². The maximum Gasteiger partial charge on any atom is 0.420 e. The standard InChI is InChI=1S/C22H32N4O7/c1-21(2,3)32-19(30)25-11-16-13(23-12-26(16)20(31)33-22(4,5)6)10-15(25)17(27)24-9-7-8-14(24)18(28)29/h12,14-15H,7-11H2,1-6H3,(H,28,29)/t14-,15-/m0/s1. The van der Waals surface area contributed by atoms with Crippen molar-refractivity contribution in [2.75, 3.05) is 6.54 Å². The lowest BCUT2D eigenvalue weighted by Gasteiger charge is -2.38. The number of aliphatic carboxylic acids is 1. The number of ether oxygens (including phenoxy) is 2. The predicted molar refractivity (Wildman–Crippen MR) is 115 cm³/mol. The minimum atomic E-state index is -1.07. The molecule has 1 saturated heterocycles. The number of carbonyl (C=O) groups excluding carboxylic acids is 3. The summed E-state index contributed by atoms with van der Waals surface area (Å²) in [6.07, 6.45) is 0.908. The van der Waals surface area contributed by atoms with E-state index in [1.807, 2.05) is 0 Å². The molecular weight excluding hydrogens is 432 g/mol. The van der Waals surface area contributed by atoms with E-state index in [2.05, 4.69) is 4.98 Å². The quantitative estimate of drug-likeness (QED) is 0.706. The second-order valence-corrected chi connectivity index (χ2v) is 10.3. The maximum absolute atomic E-state index is 13.4. The summed E-state index contributed by atoms with van der Waals surface area (Å²) in [5, 5.41) is 9.51. The first-order valence-corrected chi connectivity index (χ1v) is 11.0. The summed E-state index contributed by atoms with van der Waals surface area (Å²) in [6.45, 7) is 10.6. The molecule has 2 aliphatic rings. The van der Waals surface area contributed by atoms with Crippen molar-refractivity contribution in [3.8, 4) is 0 Å². The summed E-state index contributed by atoms with van der Waals surface area (Å²) in [6, 6.07) is -1.92. The van der Waals surface area contributed by atoms with Crippen LogP contribution in [0, 0.1) is 0 Å². The van der Waals surface area contributed by atoms with Gasteiger partial charge in [-0.05, 0) is 54.4 Å². The highest BCUT2D eigenvalue weighted by Crippen LogP contribution is 2.29. The molecule has 3 heterocycles. The Morgan fingerprint density at radius 3 is 2.15 bits per heavy atom. The summed E-state index contributed by atoms with van der Waals surface area (Å²) in [4.78, 5) is 57.6. The summed E-state index contributed by atoms with van der Waals surface area (Å²) in [5.41, 5.74) is -0.637. The second-order valence-electron chi connectivity index (χ2n) is 10.3. The van der Waals surface area contributed by atoms with Crippen LogP contribution in [0.4, 0.5) is 9.59 Å². The fourth-order valence-corrected chi connectivity index (χ4v) is 3.99. The Hall–Kier alpha value is -3.11. The fraction of sp³-hybridized carbons (Fsp3) is 0.682. The van der Waals surface area contributed by atoms with Gasteiger partial charge in [-0.2, -0.15) is 0 Å². The molecule has 1 N–H and O–H groups in total. The first kappa shape index (κ1) is 24.5. The van der Waals surface area contributed by atoms with E-state index in [0.717, 1.165) is 0 Å². The number of fused-ring (bicyclic) bond motifs is 1. The molecule has 3 rings (SSSR count). The van der Waals surface area contributed by atoms with Gasteiger partial charge in [0.25, 0.3) is 0 Å². The van der Waals surface area contributed by atoms with Gasteiger partial charge >= 0.3 is 18.2 Å². The van der Waals surface area contributed by atoms with Gasteiger partial charge in [-0.15, -0.1) is 0 Å². The third-order valence-corrected chi connectivity index (χ3v) is 5.36. The van der Waals surface area contributed by atoms with Gasteiger partial charge in [-0.1, -0.05) is 0 Å². The summed E-state index contributed by atoms with van der Waals surface area (Å²) in [7, 11) is 0. The van der Waals surface area contributed by atoms with Crippen LogP contribution in [-0.4, -0.2) is 78.4 Å². The van der Waals surface area contributed by atoms with E-state index in [4.69, 9.17) is 9.47 Å². The Labute approximate surface area is 192 Å². The molecule has 0 aromatic carbocycles.